The molecule has 0 unspecified atom stereocenters. The van der Waals surface area contributed by atoms with Gasteiger partial charge in [-0.25, -0.2) is 4.99 Å². The normalized spacial score (nSPS) is 20.0. The number of fused-ring (bicyclic) bond motifs is 4. The third-order valence-corrected chi connectivity index (χ3v) is 3.47. The Bertz CT molecular complexity index is 618. The van der Waals surface area contributed by atoms with E-state index in [0.29, 0.717) is 0 Å². The third-order valence-electron chi connectivity index (χ3n) is 3.47. The molecule has 1 aromatic rings. The van der Waals surface area contributed by atoms with Gasteiger partial charge in [-0.05, 0) is 29.7 Å². The lowest BCUT2D eigenvalue weighted by atomic mass is 10.0. The first kappa shape index (κ1) is 8.99. The van der Waals surface area contributed by atoms with Gasteiger partial charge in [0.05, 0.1) is 11.4 Å². The van der Waals surface area contributed by atoms with Crippen LogP contribution in [0, 0.1) is 0 Å². The maximum absolute atomic E-state index is 4.76. The lowest BCUT2D eigenvalue weighted by Gasteiger charge is -2.24. The number of aliphatic imine (C=N–C) groups is 1. The Hall–Kier alpha value is -2.09. The summed E-state index contributed by atoms with van der Waals surface area (Å²) >= 11 is 0. The molecule has 4 rings (SSSR count). The molecule has 0 aromatic heterocycles. The summed E-state index contributed by atoms with van der Waals surface area (Å²) in [5, 5.41) is 0. The second-order valence-corrected chi connectivity index (χ2v) is 4.54. The smallest absolute Gasteiger partial charge is 0.118 e. The highest BCUT2D eigenvalue weighted by molar-refractivity contribution is 6.08. The van der Waals surface area contributed by atoms with Crippen molar-refractivity contribution in [2.24, 2.45) is 4.99 Å². The van der Waals surface area contributed by atoms with Crippen LogP contribution in [0.3, 0.4) is 0 Å². The number of allylic oxidation sites excluding steroid dienone is 4. The summed E-state index contributed by atoms with van der Waals surface area (Å²) in [4.78, 5) is 7.00. The molecule has 0 atom stereocenters. The van der Waals surface area contributed by atoms with Crippen molar-refractivity contribution in [3.63, 3.8) is 0 Å². The number of hydrogen-bond acceptors (Lipinski definition) is 2. The zero-order chi connectivity index (χ0) is 11.2. The van der Waals surface area contributed by atoms with Crippen LogP contribution in [0.2, 0.25) is 0 Å². The highest BCUT2D eigenvalue weighted by atomic mass is 15.2. The molecule has 17 heavy (non-hydrogen) atoms. The molecular formula is C15H12N2. The van der Waals surface area contributed by atoms with Crippen molar-refractivity contribution >= 4 is 11.5 Å². The zero-order valence-corrected chi connectivity index (χ0v) is 9.43. The highest BCUT2D eigenvalue weighted by Crippen LogP contribution is 2.35. The first-order valence-electron chi connectivity index (χ1n) is 5.94. The monoisotopic (exact) mass is 220 g/mol. The van der Waals surface area contributed by atoms with E-state index in [1.165, 1.54) is 16.8 Å². The number of para-hydroxylation sites is 1. The van der Waals surface area contributed by atoms with Gasteiger partial charge in [-0.15, -0.1) is 0 Å². The molecule has 0 bridgehead atoms. The maximum atomic E-state index is 4.76. The Morgan fingerprint density at radius 3 is 3.12 bits per heavy atom. The van der Waals surface area contributed by atoms with Gasteiger partial charge in [-0.3, -0.25) is 0 Å². The second-order valence-electron chi connectivity index (χ2n) is 4.54. The van der Waals surface area contributed by atoms with Crippen LogP contribution < -0.4 is 4.90 Å². The fourth-order valence-corrected chi connectivity index (χ4v) is 2.62. The standard InChI is InChI=1S/C15H12N2/c1-3-7-13-12(6-1)10-17-14-8-4-2-5-11(14)9-15(17)16-13/h1-5,7-8,10H,6,9H2. The van der Waals surface area contributed by atoms with Gasteiger partial charge in [-0.1, -0.05) is 30.4 Å². The molecule has 82 valence electrons. The summed E-state index contributed by atoms with van der Waals surface area (Å²) < 4.78 is 0. The average molecular weight is 220 g/mol. The molecule has 0 amide bonds. The quantitative estimate of drug-likeness (QED) is 0.655. The van der Waals surface area contributed by atoms with Gasteiger partial charge in [0.15, 0.2) is 0 Å². The molecule has 1 aliphatic carbocycles. The van der Waals surface area contributed by atoms with Gasteiger partial charge in [0.1, 0.15) is 5.84 Å². The van der Waals surface area contributed by atoms with Gasteiger partial charge in [0.2, 0.25) is 0 Å². The van der Waals surface area contributed by atoms with Crippen LogP contribution in [-0.4, -0.2) is 5.84 Å². The topological polar surface area (TPSA) is 15.6 Å². The minimum Gasteiger partial charge on any atom is -0.304 e. The molecular weight excluding hydrogens is 208 g/mol. The Morgan fingerprint density at radius 1 is 1.18 bits per heavy atom. The Balaban J connectivity index is 1.87. The SMILES string of the molecule is C1=CCC2=CN3C(=NC2=C1)Cc1ccccc13. The molecule has 2 heterocycles. The van der Waals surface area contributed by atoms with Crippen molar-refractivity contribution in [1.82, 2.24) is 0 Å². The van der Waals surface area contributed by atoms with Crippen molar-refractivity contribution in [2.75, 3.05) is 4.90 Å². The van der Waals surface area contributed by atoms with E-state index in [0.717, 1.165) is 24.4 Å². The van der Waals surface area contributed by atoms with E-state index >= 15 is 0 Å². The highest BCUT2D eigenvalue weighted by Gasteiger charge is 2.27. The van der Waals surface area contributed by atoms with Gasteiger partial charge < -0.3 is 4.90 Å². The first-order valence-corrected chi connectivity index (χ1v) is 5.94. The predicted octanol–water partition coefficient (Wildman–Crippen LogP) is 3.19. The van der Waals surface area contributed by atoms with Crippen LogP contribution >= 0.6 is 0 Å². The van der Waals surface area contributed by atoms with Gasteiger partial charge in [0, 0.05) is 12.6 Å². The minimum absolute atomic E-state index is 0.945. The van der Waals surface area contributed by atoms with Crippen LogP contribution in [0.1, 0.15) is 12.0 Å². The molecule has 0 saturated carbocycles. The van der Waals surface area contributed by atoms with E-state index in [9.17, 15) is 0 Å². The molecule has 0 spiro atoms. The van der Waals surface area contributed by atoms with Gasteiger partial charge in [0.25, 0.3) is 0 Å². The maximum Gasteiger partial charge on any atom is 0.118 e. The molecule has 0 saturated heterocycles. The van der Waals surface area contributed by atoms with Crippen LogP contribution in [0.4, 0.5) is 5.69 Å². The van der Waals surface area contributed by atoms with Crippen LogP contribution in [-0.2, 0) is 6.42 Å². The van der Waals surface area contributed by atoms with Crippen LogP contribution in [0.15, 0.2) is 65.0 Å². The van der Waals surface area contributed by atoms with Gasteiger partial charge >= 0.3 is 0 Å². The predicted molar refractivity (Wildman–Crippen MR) is 70.0 cm³/mol. The van der Waals surface area contributed by atoms with E-state index in [1.54, 1.807) is 0 Å². The van der Waals surface area contributed by atoms with Crippen LogP contribution in [0.5, 0.6) is 0 Å². The largest absolute Gasteiger partial charge is 0.304 e. The van der Waals surface area contributed by atoms with Crippen molar-refractivity contribution in [3.05, 3.63) is 65.5 Å². The minimum atomic E-state index is 0.945. The van der Waals surface area contributed by atoms with E-state index in [4.69, 9.17) is 4.99 Å². The molecule has 2 heteroatoms. The lowest BCUT2D eigenvalue weighted by Crippen LogP contribution is -2.25. The number of nitrogens with zero attached hydrogens (tertiary/aromatic N) is 2. The molecule has 0 fully saturated rings. The van der Waals surface area contributed by atoms with Gasteiger partial charge in [-0.2, -0.15) is 0 Å². The summed E-state index contributed by atoms with van der Waals surface area (Å²) in [6.45, 7) is 0. The third kappa shape index (κ3) is 1.24. The van der Waals surface area contributed by atoms with Crippen molar-refractivity contribution in [3.8, 4) is 0 Å². The Morgan fingerprint density at radius 2 is 2.12 bits per heavy atom. The average Bonchev–Trinajstić information content (AvgIpc) is 2.73. The van der Waals surface area contributed by atoms with Crippen LogP contribution in [0.25, 0.3) is 0 Å². The number of hydrogen-bond donors (Lipinski definition) is 0. The number of benzene rings is 1. The molecule has 2 nitrogen and oxygen atoms in total. The first-order chi connectivity index (χ1) is 8.42. The van der Waals surface area contributed by atoms with E-state index in [1.807, 2.05) is 0 Å². The van der Waals surface area contributed by atoms with E-state index in [2.05, 4.69) is 53.6 Å². The lowest BCUT2D eigenvalue weighted by molar-refractivity contribution is 1.09. The fraction of sp³-hybridized carbons (Fsp3) is 0.133. The molecule has 1 aromatic carbocycles. The summed E-state index contributed by atoms with van der Waals surface area (Å²) in [5.74, 6) is 1.15. The summed E-state index contributed by atoms with van der Waals surface area (Å²) in [7, 11) is 0. The summed E-state index contributed by atoms with van der Waals surface area (Å²) in [6, 6.07) is 8.54. The Labute approximate surface area is 100 Å². The molecule has 3 aliphatic rings. The number of anilines is 1. The zero-order valence-electron chi connectivity index (χ0n) is 9.43. The Kier molecular flexibility index (Phi) is 1.69. The number of amidine groups is 1. The van der Waals surface area contributed by atoms with E-state index < -0.39 is 0 Å². The molecule has 2 aliphatic heterocycles. The summed E-state index contributed by atoms with van der Waals surface area (Å²) in [6.07, 6.45) is 10.5. The van der Waals surface area contributed by atoms with Crippen molar-refractivity contribution in [1.29, 1.82) is 0 Å². The second kappa shape index (κ2) is 3.20. The van der Waals surface area contributed by atoms with E-state index in [-0.39, 0.29) is 0 Å². The summed E-state index contributed by atoms with van der Waals surface area (Å²) in [5.41, 5.74) is 5.10. The molecule has 0 radical (unpaired) electrons. The van der Waals surface area contributed by atoms with Crippen molar-refractivity contribution in [2.45, 2.75) is 12.8 Å². The molecule has 0 N–H and O–H groups in total. The van der Waals surface area contributed by atoms with Crippen molar-refractivity contribution < 1.29 is 0 Å². The number of rotatable bonds is 0. The fourth-order valence-electron chi connectivity index (χ4n) is 2.62.